The predicted molar refractivity (Wildman–Crippen MR) is 85.1 cm³/mol. The maximum absolute atomic E-state index is 12.4. The summed E-state index contributed by atoms with van der Waals surface area (Å²) in [6, 6.07) is 18.3. The fourth-order valence-corrected chi connectivity index (χ4v) is 2.78. The molecule has 108 valence electrons. The quantitative estimate of drug-likeness (QED) is 0.907. The van der Waals surface area contributed by atoms with Gasteiger partial charge in [-0.1, -0.05) is 48.5 Å². The zero-order valence-corrected chi connectivity index (χ0v) is 12.2. The highest BCUT2D eigenvalue weighted by Crippen LogP contribution is 2.24. The normalized spacial score (nSPS) is 18.2. The van der Waals surface area contributed by atoms with Crippen molar-refractivity contribution in [3.8, 4) is 0 Å². The lowest BCUT2D eigenvalue weighted by Gasteiger charge is -2.26. The van der Waals surface area contributed by atoms with Crippen LogP contribution in [0.1, 0.15) is 24.1 Å². The van der Waals surface area contributed by atoms with Gasteiger partial charge in [0.05, 0.1) is 12.0 Å². The molecule has 1 aliphatic rings. The largest absolute Gasteiger partial charge is 0.384 e. The maximum atomic E-state index is 12.4. The van der Waals surface area contributed by atoms with E-state index in [1.54, 1.807) is 0 Å². The minimum atomic E-state index is -0.00828. The molecule has 2 N–H and O–H groups in total. The van der Waals surface area contributed by atoms with E-state index < -0.39 is 0 Å². The van der Waals surface area contributed by atoms with Crippen LogP contribution in [0.2, 0.25) is 0 Å². The van der Waals surface area contributed by atoms with Crippen LogP contribution in [0, 0.1) is 5.92 Å². The van der Waals surface area contributed by atoms with Gasteiger partial charge in [0, 0.05) is 12.2 Å². The number of anilines is 1. The van der Waals surface area contributed by atoms with E-state index in [0.717, 1.165) is 17.7 Å². The van der Waals surface area contributed by atoms with Crippen LogP contribution >= 0.6 is 0 Å². The number of amides is 1. The molecule has 0 aromatic heterocycles. The highest BCUT2D eigenvalue weighted by molar-refractivity contribution is 5.81. The summed E-state index contributed by atoms with van der Waals surface area (Å²) in [7, 11) is 0. The Morgan fingerprint density at radius 2 is 1.86 bits per heavy atom. The van der Waals surface area contributed by atoms with Crippen molar-refractivity contribution < 1.29 is 4.79 Å². The van der Waals surface area contributed by atoms with Crippen LogP contribution in [0.5, 0.6) is 0 Å². The molecule has 2 aromatic carbocycles. The standard InChI is InChI=1S/C18H20N2O/c1-13(14-7-3-2-4-8-14)20-18(21)16-11-15-9-5-6-10-17(15)19-12-16/h2-10,13,16,19H,11-12H2,1H3,(H,20,21). The number of benzene rings is 2. The Morgan fingerprint density at radius 1 is 1.14 bits per heavy atom. The molecule has 3 heteroatoms. The van der Waals surface area contributed by atoms with E-state index in [0.29, 0.717) is 6.54 Å². The van der Waals surface area contributed by atoms with Gasteiger partial charge in [-0.15, -0.1) is 0 Å². The Bertz CT molecular complexity index is 624. The van der Waals surface area contributed by atoms with E-state index in [1.165, 1.54) is 5.56 Å². The summed E-state index contributed by atoms with van der Waals surface area (Å²) in [4.78, 5) is 12.4. The molecule has 2 atom stereocenters. The number of para-hydroxylation sites is 1. The van der Waals surface area contributed by atoms with Crippen LogP contribution in [0.15, 0.2) is 54.6 Å². The third-order valence-electron chi connectivity index (χ3n) is 4.05. The SMILES string of the molecule is CC(NC(=O)C1CNc2ccccc2C1)c1ccccc1. The average molecular weight is 280 g/mol. The Hall–Kier alpha value is -2.29. The second kappa shape index (κ2) is 6.00. The number of carbonyl (C=O) groups excluding carboxylic acids is 1. The molecule has 2 aromatic rings. The lowest BCUT2D eigenvalue weighted by Crippen LogP contribution is -2.39. The lowest BCUT2D eigenvalue weighted by atomic mass is 9.93. The van der Waals surface area contributed by atoms with Crippen molar-refractivity contribution in [3.63, 3.8) is 0 Å². The molecule has 21 heavy (non-hydrogen) atoms. The number of fused-ring (bicyclic) bond motifs is 1. The van der Waals surface area contributed by atoms with Gasteiger partial charge in [-0.25, -0.2) is 0 Å². The van der Waals surface area contributed by atoms with Gasteiger partial charge in [0.15, 0.2) is 0 Å². The highest BCUT2D eigenvalue weighted by atomic mass is 16.1. The van der Waals surface area contributed by atoms with Crippen LogP contribution in [0.25, 0.3) is 0 Å². The first kappa shape index (κ1) is 13.7. The Morgan fingerprint density at radius 3 is 2.67 bits per heavy atom. The van der Waals surface area contributed by atoms with E-state index >= 15 is 0 Å². The molecule has 0 spiro atoms. The summed E-state index contributed by atoms with van der Waals surface area (Å²) in [6.45, 7) is 2.72. The Labute approximate surface area is 125 Å². The van der Waals surface area contributed by atoms with Crippen molar-refractivity contribution in [2.45, 2.75) is 19.4 Å². The van der Waals surface area contributed by atoms with Crippen molar-refractivity contribution in [1.29, 1.82) is 0 Å². The zero-order valence-electron chi connectivity index (χ0n) is 12.2. The fraction of sp³-hybridized carbons (Fsp3) is 0.278. The first-order valence-corrected chi connectivity index (χ1v) is 7.41. The predicted octanol–water partition coefficient (Wildman–Crippen LogP) is 3.15. The molecular weight excluding hydrogens is 260 g/mol. The molecule has 0 fully saturated rings. The van der Waals surface area contributed by atoms with Crippen molar-refractivity contribution in [3.05, 3.63) is 65.7 Å². The van der Waals surface area contributed by atoms with Gasteiger partial charge >= 0.3 is 0 Å². The maximum Gasteiger partial charge on any atom is 0.225 e. The third kappa shape index (κ3) is 3.07. The lowest BCUT2D eigenvalue weighted by molar-refractivity contribution is -0.125. The van der Waals surface area contributed by atoms with Gasteiger partial charge in [0.25, 0.3) is 0 Å². The number of nitrogens with one attached hydrogen (secondary N) is 2. The van der Waals surface area contributed by atoms with Crippen LogP contribution in [-0.4, -0.2) is 12.5 Å². The highest BCUT2D eigenvalue weighted by Gasteiger charge is 2.25. The van der Waals surface area contributed by atoms with Crippen LogP contribution in [0.4, 0.5) is 5.69 Å². The fourth-order valence-electron chi connectivity index (χ4n) is 2.78. The van der Waals surface area contributed by atoms with E-state index in [-0.39, 0.29) is 17.9 Å². The molecule has 1 aliphatic heterocycles. The van der Waals surface area contributed by atoms with E-state index in [1.807, 2.05) is 49.4 Å². The van der Waals surface area contributed by atoms with Crippen LogP contribution in [0.3, 0.4) is 0 Å². The summed E-state index contributed by atoms with van der Waals surface area (Å²) in [5.41, 5.74) is 3.50. The minimum Gasteiger partial charge on any atom is -0.384 e. The zero-order chi connectivity index (χ0) is 14.7. The minimum absolute atomic E-state index is 0.00828. The van der Waals surface area contributed by atoms with Crippen molar-refractivity contribution in [2.24, 2.45) is 5.92 Å². The van der Waals surface area contributed by atoms with Crippen molar-refractivity contribution in [1.82, 2.24) is 5.32 Å². The number of carbonyl (C=O) groups is 1. The first-order chi connectivity index (χ1) is 10.2. The number of hydrogen-bond donors (Lipinski definition) is 2. The van der Waals surface area contributed by atoms with Gasteiger partial charge in [-0.3, -0.25) is 4.79 Å². The molecule has 0 aliphatic carbocycles. The first-order valence-electron chi connectivity index (χ1n) is 7.41. The summed E-state index contributed by atoms with van der Waals surface area (Å²) >= 11 is 0. The molecule has 1 amide bonds. The molecule has 3 nitrogen and oxygen atoms in total. The molecule has 0 bridgehead atoms. The summed E-state index contributed by atoms with van der Waals surface area (Å²) in [5.74, 6) is 0.111. The van der Waals surface area contributed by atoms with Gasteiger partial charge in [0.1, 0.15) is 0 Å². The van der Waals surface area contributed by atoms with Crippen molar-refractivity contribution >= 4 is 11.6 Å². The van der Waals surface area contributed by atoms with E-state index in [2.05, 4.69) is 22.8 Å². The molecular formula is C18H20N2O. The summed E-state index contributed by atoms with van der Waals surface area (Å²) < 4.78 is 0. The average Bonchev–Trinajstić information content (AvgIpc) is 2.55. The Kier molecular flexibility index (Phi) is 3.91. The third-order valence-corrected chi connectivity index (χ3v) is 4.05. The topological polar surface area (TPSA) is 41.1 Å². The molecule has 1 heterocycles. The Balaban J connectivity index is 1.65. The molecule has 0 saturated heterocycles. The molecule has 2 unspecified atom stereocenters. The van der Waals surface area contributed by atoms with Gasteiger partial charge in [-0.05, 0) is 30.5 Å². The van der Waals surface area contributed by atoms with Gasteiger partial charge < -0.3 is 10.6 Å². The molecule has 0 radical (unpaired) electrons. The van der Waals surface area contributed by atoms with Gasteiger partial charge in [0.2, 0.25) is 5.91 Å². The summed E-state index contributed by atoms with van der Waals surface area (Å²) in [5, 5.41) is 6.46. The number of hydrogen-bond acceptors (Lipinski definition) is 2. The second-order valence-electron chi connectivity index (χ2n) is 5.58. The molecule has 3 rings (SSSR count). The summed E-state index contributed by atoms with van der Waals surface area (Å²) in [6.07, 6.45) is 0.802. The van der Waals surface area contributed by atoms with E-state index in [9.17, 15) is 4.79 Å². The van der Waals surface area contributed by atoms with E-state index in [4.69, 9.17) is 0 Å². The van der Waals surface area contributed by atoms with Crippen molar-refractivity contribution in [2.75, 3.05) is 11.9 Å². The monoisotopic (exact) mass is 280 g/mol. The molecule has 0 saturated carbocycles. The smallest absolute Gasteiger partial charge is 0.225 e. The second-order valence-corrected chi connectivity index (χ2v) is 5.58. The van der Waals surface area contributed by atoms with Crippen LogP contribution in [-0.2, 0) is 11.2 Å². The number of rotatable bonds is 3. The van der Waals surface area contributed by atoms with Gasteiger partial charge in [-0.2, -0.15) is 0 Å². The van der Waals surface area contributed by atoms with Crippen LogP contribution < -0.4 is 10.6 Å².